The summed E-state index contributed by atoms with van der Waals surface area (Å²) < 4.78 is 5.79. The van der Waals surface area contributed by atoms with Crippen LogP contribution in [0.25, 0.3) is 16.3 Å². The van der Waals surface area contributed by atoms with Crippen LogP contribution in [0.4, 0.5) is 0 Å². The van der Waals surface area contributed by atoms with Gasteiger partial charge in [-0.1, -0.05) is 88.4 Å². The molecule has 0 aliphatic heterocycles. The van der Waals surface area contributed by atoms with E-state index in [-0.39, 0.29) is 0 Å². The molecule has 0 fully saturated rings. The molecule has 0 amide bonds. The lowest BCUT2D eigenvalue weighted by Gasteiger charge is -2.09. The van der Waals surface area contributed by atoms with Crippen LogP contribution in [0.5, 0.6) is 0 Å². The zero-order valence-electron chi connectivity index (χ0n) is 14.5. The van der Waals surface area contributed by atoms with Crippen molar-refractivity contribution in [1.82, 2.24) is 0 Å². The summed E-state index contributed by atoms with van der Waals surface area (Å²) in [5.41, 5.74) is 2.25. The van der Waals surface area contributed by atoms with Gasteiger partial charge in [0.15, 0.2) is 0 Å². The molecule has 0 N–H and O–H groups in total. The van der Waals surface area contributed by atoms with Crippen LogP contribution in [0.15, 0.2) is 49.0 Å². The maximum Gasteiger partial charge on any atom is 0.0716 e. The van der Waals surface area contributed by atoms with Crippen molar-refractivity contribution in [2.75, 3.05) is 13.2 Å². The number of fused-ring (bicyclic) bond motifs is 1. The zero-order chi connectivity index (χ0) is 16.3. The number of ether oxygens (including phenoxy) is 1. The molecular formula is C22H30O. The highest BCUT2D eigenvalue weighted by molar-refractivity contribution is 5.86. The van der Waals surface area contributed by atoms with Crippen LogP contribution < -0.4 is 0 Å². The molecule has 0 unspecified atom stereocenters. The highest BCUT2D eigenvalue weighted by Crippen LogP contribution is 2.20. The molecule has 2 rings (SSSR count). The van der Waals surface area contributed by atoms with Gasteiger partial charge < -0.3 is 4.74 Å². The van der Waals surface area contributed by atoms with Crippen molar-refractivity contribution < 1.29 is 4.74 Å². The van der Waals surface area contributed by atoms with Crippen LogP contribution >= 0.6 is 0 Å². The van der Waals surface area contributed by atoms with E-state index in [2.05, 4.69) is 56.0 Å². The van der Waals surface area contributed by atoms with Gasteiger partial charge in [-0.05, 0) is 34.4 Å². The predicted molar refractivity (Wildman–Crippen MR) is 102 cm³/mol. The van der Waals surface area contributed by atoms with E-state index in [9.17, 15) is 0 Å². The van der Waals surface area contributed by atoms with Crippen molar-refractivity contribution in [2.45, 2.75) is 51.9 Å². The number of hydrogen-bond acceptors (Lipinski definition) is 1. The molecule has 23 heavy (non-hydrogen) atoms. The van der Waals surface area contributed by atoms with E-state index in [0.29, 0.717) is 6.61 Å². The van der Waals surface area contributed by atoms with Crippen molar-refractivity contribution in [3.63, 3.8) is 0 Å². The van der Waals surface area contributed by atoms with Crippen LogP contribution in [0.3, 0.4) is 0 Å². The van der Waals surface area contributed by atoms with Gasteiger partial charge in [0.2, 0.25) is 0 Å². The molecular weight excluding hydrogens is 280 g/mol. The third-order valence-electron chi connectivity index (χ3n) is 4.33. The van der Waals surface area contributed by atoms with Crippen molar-refractivity contribution in [2.24, 2.45) is 0 Å². The molecule has 0 saturated carbocycles. The molecule has 1 heteroatoms. The lowest BCUT2D eigenvalue weighted by atomic mass is 10.0. The molecule has 0 heterocycles. The molecule has 0 bridgehead atoms. The van der Waals surface area contributed by atoms with E-state index < -0.39 is 0 Å². The first kappa shape index (κ1) is 17.7. The van der Waals surface area contributed by atoms with Crippen molar-refractivity contribution >= 4 is 16.3 Å². The second kappa shape index (κ2) is 10.2. The maximum absolute atomic E-state index is 5.79. The normalized spacial score (nSPS) is 11.0. The Morgan fingerprint density at radius 3 is 2.35 bits per heavy atom. The molecule has 2 aromatic rings. The standard InChI is InChI=1S/C22H30O/c1-3-4-5-6-7-8-11-16-23-18-19(2)21-15-14-20-12-9-10-13-22(20)17-21/h9-10,12-15,17H,2-8,11,16,18H2,1H3. The molecule has 0 aromatic heterocycles. The molecule has 1 nitrogen and oxygen atoms in total. The second-order valence-electron chi connectivity index (χ2n) is 6.34. The Morgan fingerprint density at radius 2 is 1.57 bits per heavy atom. The van der Waals surface area contributed by atoms with E-state index >= 15 is 0 Å². The van der Waals surface area contributed by atoms with Crippen LogP contribution in [0, 0.1) is 0 Å². The maximum atomic E-state index is 5.79. The van der Waals surface area contributed by atoms with Crippen molar-refractivity contribution in [3.8, 4) is 0 Å². The average Bonchev–Trinajstić information content (AvgIpc) is 2.59. The summed E-state index contributed by atoms with van der Waals surface area (Å²) in [4.78, 5) is 0. The van der Waals surface area contributed by atoms with E-state index in [1.54, 1.807) is 0 Å². The van der Waals surface area contributed by atoms with Crippen LogP contribution in [0.2, 0.25) is 0 Å². The highest BCUT2D eigenvalue weighted by atomic mass is 16.5. The number of hydrogen-bond donors (Lipinski definition) is 0. The topological polar surface area (TPSA) is 9.23 Å². The molecule has 2 aromatic carbocycles. The van der Waals surface area contributed by atoms with Crippen LogP contribution in [-0.4, -0.2) is 13.2 Å². The minimum Gasteiger partial charge on any atom is -0.377 e. The van der Waals surface area contributed by atoms with E-state index in [0.717, 1.165) is 18.6 Å². The van der Waals surface area contributed by atoms with Gasteiger partial charge in [-0.15, -0.1) is 0 Å². The third-order valence-corrected chi connectivity index (χ3v) is 4.33. The molecule has 0 atom stereocenters. The Hall–Kier alpha value is -1.60. The predicted octanol–water partition coefficient (Wildman–Crippen LogP) is 6.62. The molecule has 0 aliphatic carbocycles. The molecule has 0 aliphatic rings. The summed E-state index contributed by atoms with van der Waals surface area (Å²) in [6.07, 6.45) is 9.24. The Bertz CT molecular complexity index is 600. The van der Waals surface area contributed by atoms with Crippen molar-refractivity contribution in [1.29, 1.82) is 0 Å². The fourth-order valence-corrected chi connectivity index (χ4v) is 2.85. The van der Waals surface area contributed by atoms with Gasteiger partial charge >= 0.3 is 0 Å². The lowest BCUT2D eigenvalue weighted by molar-refractivity contribution is 0.162. The summed E-state index contributed by atoms with van der Waals surface area (Å²) in [5, 5.41) is 2.53. The first-order chi connectivity index (χ1) is 11.3. The first-order valence-corrected chi connectivity index (χ1v) is 9.06. The molecule has 124 valence electrons. The number of unbranched alkanes of at least 4 members (excludes halogenated alkanes) is 6. The molecule has 0 saturated heterocycles. The number of benzene rings is 2. The zero-order valence-corrected chi connectivity index (χ0v) is 14.5. The minimum atomic E-state index is 0.633. The Labute approximate surface area is 141 Å². The van der Waals surface area contributed by atoms with Gasteiger partial charge in [-0.2, -0.15) is 0 Å². The van der Waals surface area contributed by atoms with Crippen molar-refractivity contribution in [3.05, 3.63) is 54.6 Å². The monoisotopic (exact) mass is 310 g/mol. The lowest BCUT2D eigenvalue weighted by Crippen LogP contribution is -1.99. The van der Waals surface area contributed by atoms with E-state index in [1.807, 2.05) is 0 Å². The van der Waals surface area contributed by atoms with Gasteiger partial charge in [0, 0.05) is 6.61 Å². The van der Waals surface area contributed by atoms with Gasteiger partial charge in [-0.3, -0.25) is 0 Å². The average molecular weight is 310 g/mol. The van der Waals surface area contributed by atoms with Crippen LogP contribution in [-0.2, 0) is 4.74 Å². The van der Waals surface area contributed by atoms with Gasteiger partial charge in [0.05, 0.1) is 6.61 Å². The fourth-order valence-electron chi connectivity index (χ4n) is 2.85. The summed E-state index contributed by atoms with van der Waals surface area (Å²) in [5.74, 6) is 0. The number of rotatable bonds is 11. The summed E-state index contributed by atoms with van der Waals surface area (Å²) in [7, 11) is 0. The second-order valence-corrected chi connectivity index (χ2v) is 6.34. The summed E-state index contributed by atoms with van der Waals surface area (Å²) >= 11 is 0. The quantitative estimate of drug-likeness (QED) is 0.424. The van der Waals surface area contributed by atoms with Gasteiger partial charge in [-0.25, -0.2) is 0 Å². The molecule has 0 spiro atoms. The first-order valence-electron chi connectivity index (χ1n) is 9.06. The van der Waals surface area contributed by atoms with Crippen LogP contribution in [0.1, 0.15) is 57.4 Å². The highest BCUT2D eigenvalue weighted by Gasteiger charge is 2.01. The van der Waals surface area contributed by atoms with Gasteiger partial charge in [0.25, 0.3) is 0 Å². The Morgan fingerprint density at radius 1 is 0.870 bits per heavy atom. The van der Waals surface area contributed by atoms with E-state index in [1.165, 1.54) is 54.9 Å². The summed E-state index contributed by atoms with van der Waals surface area (Å²) in [6, 6.07) is 14.9. The Balaban J connectivity index is 1.64. The third kappa shape index (κ3) is 6.19. The molecule has 0 radical (unpaired) electrons. The summed E-state index contributed by atoms with van der Waals surface area (Å²) in [6.45, 7) is 7.92. The smallest absolute Gasteiger partial charge is 0.0716 e. The van der Waals surface area contributed by atoms with Gasteiger partial charge in [0.1, 0.15) is 0 Å². The minimum absolute atomic E-state index is 0.633. The largest absolute Gasteiger partial charge is 0.377 e. The SMILES string of the molecule is C=C(COCCCCCCCCC)c1ccc2ccccc2c1. The van der Waals surface area contributed by atoms with E-state index in [4.69, 9.17) is 4.74 Å². The fraction of sp³-hybridized carbons (Fsp3) is 0.455. The Kier molecular flexibility index (Phi) is 7.89.